The Kier molecular flexibility index (Phi) is 15.7. The van der Waals surface area contributed by atoms with E-state index in [1.54, 1.807) is 20.8 Å². The van der Waals surface area contributed by atoms with Crippen molar-refractivity contribution in [2.24, 2.45) is 70.5 Å². The number of esters is 6. The molecule has 12 saturated heterocycles. The summed E-state index contributed by atoms with van der Waals surface area (Å²) in [6.07, 6.45) is 0.0738. The first-order valence-electron chi connectivity index (χ1n) is 30.6. The summed E-state index contributed by atoms with van der Waals surface area (Å²) in [4.78, 5) is 118. The minimum absolute atomic E-state index is 0.0575. The summed E-state index contributed by atoms with van der Waals surface area (Å²) in [5, 5.41) is 0. The van der Waals surface area contributed by atoms with E-state index in [4.69, 9.17) is 86.2 Å². The predicted molar refractivity (Wildman–Crippen MR) is 273 cm³/mol. The zero-order valence-electron chi connectivity index (χ0n) is 49.4. The highest BCUT2D eigenvalue weighted by Gasteiger charge is 2.76. The molecule has 0 aromatic rings. The summed E-state index contributed by atoms with van der Waals surface area (Å²) in [5.41, 5.74) is -3.32. The van der Waals surface area contributed by atoms with Gasteiger partial charge in [-0.3, -0.25) is 28.8 Å². The van der Waals surface area contributed by atoms with Crippen molar-refractivity contribution < 1.29 is 115 Å². The first kappa shape index (κ1) is 59.7. The Morgan fingerprint density at radius 3 is 1.23 bits per heavy atom. The summed E-state index contributed by atoms with van der Waals surface area (Å²) >= 11 is 0. The van der Waals surface area contributed by atoms with E-state index in [-0.39, 0.29) is 41.4 Å². The maximum atomic E-state index is 13.6. The van der Waals surface area contributed by atoms with Gasteiger partial charge < -0.3 is 56.8 Å². The molecule has 24 heteroatoms. The normalized spacial score (nSPS) is 49.2. The summed E-state index contributed by atoms with van der Waals surface area (Å²) in [7, 11) is 0. The molecule has 24 atom stereocenters. The van der Waals surface area contributed by atoms with E-state index in [2.05, 4.69) is 27.7 Å². The average molecular weight is 1180 g/mol. The van der Waals surface area contributed by atoms with E-state index >= 15 is 0 Å². The van der Waals surface area contributed by atoms with Crippen LogP contribution in [0.4, 0.5) is 0 Å². The lowest BCUT2D eigenvalue weighted by Crippen LogP contribution is -2.74. The van der Waals surface area contributed by atoms with Crippen LogP contribution >= 0.6 is 0 Å². The molecule has 83 heavy (non-hydrogen) atoms. The van der Waals surface area contributed by atoms with Gasteiger partial charge in [0, 0.05) is 54.3 Å². The van der Waals surface area contributed by atoms with Gasteiger partial charge in [0.05, 0.1) is 38.5 Å². The van der Waals surface area contributed by atoms with Crippen molar-refractivity contribution in [2.45, 2.75) is 263 Å². The monoisotopic (exact) mass is 1180 g/mol. The highest BCUT2D eigenvalue weighted by Crippen LogP contribution is 2.67. The standard InChI is InChI=1S/C59H84O24/c1-29-11-13-38-32(4)46(72-49-57(38)35(29)22-26-54(8,75-49)78-81-57)66-40(60)15-18-43(63)69-52(70-44(64)19-16-41(61)67-47-33(5)39-14-12-30(2)36-23-27-55(9)76-50(73-47)58(36,39)82-79-55)71-45(65)20-17-42(62)68-48-34(6)53(7)25-21-31(3)37-24-28-56(10)77-51(74-48)59(37,53)83-80-56/h29-39,46-52H,11-28H2,1-10H3/t29-,30-,31-,32-,33-,34+,35+,36+,37+,38+,39+,46-,47-,48-,49-,50-,51-,53+,54+,55+,56+,57-,58-,59+/m1/s1. The molecule has 24 nitrogen and oxygen atoms in total. The lowest BCUT2D eigenvalue weighted by atomic mass is 9.50. The van der Waals surface area contributed by atoms with Crippen LogP contribution in [0, 0.1) is 70.5 Å². The molecule has 464 valence electrons. The lowest BCUT2D eigenvalue weighted by Gasteiger charge is -2.65. The summed E-state index contributed by atoms with van der Waals surface area (Å²) in [6.45, 7) is 17.5. The molecule has 0 unspecified atom stereocenters. The van der Waals surface area contributed by atoms with Crippen molar-refractivity contribution in [1.29, 1.82) is 0 Å². The summed E-state index contributed by atoms with van der Waals surface area (Å²) < 4.78 is 72.1. The number of carbonyl (C=O) groups excluding carboxylic acids is 6. The van der Waals surface area contributed by atoms with Gasteiger partial charge in [-0.25, -0.2) is 29.3 Å². The second-order valence-corrected chi connectivity index (χ2v) is 27.2. The largest absolute Gasteiger partial charge is 0.435 e. The summed E-state index contributed by atoms with van der Waals surface area (Å²) in [5.74, 6) is -9.08. The second-order valence-electron chi connectivity index (χ2n) is 27.2. The SMILES string of the molecule is C[C@H]1[C@H](OC(=O)CCC(=O)OC(OC(=O)CCC(=O)O[C@@H]2O[C@@H]3O[C@]4(C)CC[C@H]5[C@H](C)CC[C@@H]([C@H]2C)[C@@]35OO4)OC(=O)CCC(=O)O[C@@H]2O[C@@H]3O[C@]4(C)CC[C@H]5[C@H](C)CC[C@@](C)([C@H]2C)[C@@]35OO4)O[C@@H]2O[C@]3(C)CC[C@H]4[C@H](C)CC[C@@H]1[C@@]24OO3. The van der Waals surface area contributed by atoms with E-state index in [1.807, 2.05) is 20.8 Å². The number of hydrogen-bond donors (Lipinski definition) is 0. The van der Waals surface area contributed by atoms with E-state index in [1.165, 1.54) is 0 Å². The van der Waals surface area contributed by atoms with Crippen LogP contribution in [0.2, 0.25) is 0 Å². The molecule has 0 radical (unpaired) electrons. The molecule has 15 aliphatic rings. The lowest BCUT2D eigenvalue weighted by molar-refractivity contribution is -0.586. The van der Waals surface area contributed by atoms with Gasteiger partial charge in [0.15, 0.2) is 35.7 Å². The van der Waals surface area contributed by atoms with Crippen LogP contribution in [0.1, 0.15) is 185 Å². The van der Waals surface area contributed by atoms with Gasteiger partial charge in [-0.15, -0.1) is 0 Å². The van der Waals surface area contributed by atoms with E-state index in [9.17, 15) is 28.8 Å². The van der Waals surface area contributed by atoms with Crippen LogP contribution in [0.15, 0.2) is 0 Å². The fourth-order valence-electron chi connectivity index (χ4n) is 17.1. The van der Waals surface area contributed by atoms with Gasteiger partial charge in [0.25, 0.3) is 0 Å². The Labute approximate surface area is 483 Å². The number of carbonyl (C=O) groups is 6. The molecule has 3 saturated carbocycles. The molecule has 6 bridgehead atoms. The van der Waals surface area contributed by atoms with Crippen molar-refractivity contribution in [2.75, 3.05) is 0 Å². The Bertz CT molecular complexity index is 2420. The van der Waals surface area contributed by atoms with Crippen molar-refractivity contribution in [3.8, 4) is 0 Å². The van der Waals surface area contributed by atoms with Gasteiger partial charge >= 0.3 is 42.3 Å². The fraction of sp³-hybridized carbons (Fsp3) is 0.898. The van der Waals surface area contributed by atoms with Crippen LogP contribution in [-0.4, -0.2) is 114 Å². The Balaban J connectivity index is 0.672. The first-order valence-corrected chi connectivity index (χ1v) is 30.6. The zero-order chi connectivity index (χ0) is 58.8. The molecule has 3 spiro atoms. The number of hydrogen-bond acceptors (Lipinski definition) is 24. The minimum Gasteiger partial charge on any atom is -0.435 e. The number of ether oxygens (including phenoxy) is 12. The van der Waals surface area contributed by atoms with Crippen molar-refractivity contribution in [3.63, 3.8) is 0 Å². The molecule has 0 aromatic heterocycles. The van der Waals surface area contributed by atoms with Gasteiger partial charge in [0.2, 0.25) is 36.2 Å². The number of fused-ring (bicyclic) bond motifs is 6. The van der Waals surface area contributed by atoms with Crippen molar-refractivity contribution >= 4 is 35.8 Å². The Morgan fingerprint density at radius 2 is 0.771 bits per heavy atom. The molecule has 0 amide bonds. The molecule has 0 aromatic carbocycles. The molecular weight excluding hydrogens is 1090 g/mol. The molecule has 15 rings (SSSR count). The van der Waals surface area contributed by atoms with Crippen LogP contribution in [-0.2, 0) is 115 Å². The van der Waals surface area contributed by atoms with Crippen LogP contribution in [0.3, 0.4) is 0 Å². The Hall–Kier alpha value is -3.66. The first-order chi connectivity index (χ1) is 39.3. The fourth-order valence-corrected chi connectivity index (χ4v) is 17.1. The molecule has 3 aliphatic carbocycles. The van der Waals surface area contributed by atoms with Gasteiger partial charge in [-0.05, 0) is 114 Å². The zero-order valence-corrected chi connectivity index (χ0v) is 49.4. The van der Waals surface area contributed by atoms with E-state index in [0.717, 1.165) is 57.8 Å². The van der Waals surface area contributed by atoms with Gasteiger partial charge in [-0.1, -0.05) is 48.5 Å². The molecule has 12 heterocycles. The molecule has 12 aliphatic heterocycles. The molecular formula is C59H84O24. The van der Waals surface area contributed by atoms with Crippen molar-refractivity contribution in [1.82, 2.24) is 0 Å². The highest BCUT2D eigenvalue weighted by molar-refractivity contribution is 5.80. The van der Waals surface area contributed by atoms with Crippen LogP contribution < -0.4 is 0 Å². The van der Waals surface area contributed by atoms with Crippen LogP contribution in [0.25, 0.3) is 0 Å². The molecule has 15 fully saturated rings. The maximum absolute atomic E-state index is 13.6. The third-order valence-electron chi connectivity index (χ3n) is 22.1. The average Bonchev–Trinajstić information content (AvgIpc) is 1.77. The third-order valence-corrected chi connectivity index (χ3v) is 22.1. The summed E-state index contributed by atoms with van der Waals surface area (Å²) in [6, 6.07) is 0. The quantitative estimate of drug-likeness (QED) is 0.0652. The van der Waals surface area contributed by atoms with Crippen molar-refractivity contribution in [3.05, 3.63) is 0 Å². The minimum atomic E-state index is -2.30. The van der Waals surface area contributed by atoms with Gasteiger partial charge in [-0.2, -0.15) is 0 Å². The number of rotatable bonds is 15. The maximum Gasteiger partial charge on any atom is 0.412 e. The second kappa shape index (κ2) is 21.9. The Morgan fingerprint density at radius 1 is 0.398 bits per heavy atom. The van der Waals surface area contributed by atoms with E-state index < -0.39 is 164 Å². The van der Waals surface area contributed by atoms with Gasteiger partial charge in [0.1, 0.15) is 0 Å². The predicted octanol–water partition coefficient (Wildman–Crippen LogP) is 7.88. The topological polar surface area (TPSA) is 269 Å². The third kappa shape index (κ3) is 10.1. The smallest absolute Gasteiger partial charge is 0.412 e. The van der Waals surface area contributed by atoms with E-state index in [0.29, 0.717) is 37.0 Å². The highest BCUT2D eigenvalue weighted by atomic mass is 17.3. The van der Waals surface area contributed by atoms with Crippen LogP contribution in [0.5, 0.6) is 0 Å². The molecule has 0 N–H and O–H groups in total.